The smallest absolute Gasteiger partial charge is 0.102 e. The highest BCUT2D eigenvalue weighted by atomic mass is 14.3. The van der Waals surface area contributed by atoms with Crippen LogP contribution in [0.2, 0.25) is 0 Å². The fourth-order valence-electron chi connectivity index (χ4n) is 2.64. The van der Waals surface area contributed by atoms with Crippen molar-refractivity contribution >= 4 is 0 Å². The predicted molar refractivity (Wildman–Crippen MR) is 107 cm³/mol. The fraction of sp³-hybridized carbons (Fsp3) is 0.500. The number of hydrogen-bond acceptors (Lipinski definition) is 2. The average Bonchev–Trinajstić information content (AvgIpc) is 2.67. The predicted octanol–water partition coefficient (Wildman–Crippen LogP) is 6.07. The first kappa shape index (κ1) is 21.4. The molecule has 0 spiro atoms. The molecule has 0 aliphatic carbocycles. The molecule has 0 fully saturated rings. The van der Waals surface area contributed by atoms with E-state index in [4.69, 9.17) is 0 Å². The summed E-state index contributed by atoms with van der Waals surface area (Å²) in [7, 11) is 0. The third-order valence-electron chi connectivity index (χ3n) is 4.19. The quantitative estimate of drug-likeness (QED) is 0.424. The van der Waals surface area contributed by atoms with Crippen LogP contribution in [0, 0.1) is 46.3 Å². The Morgan fingerprint density at radius 3 is 1.42 bits per heavy atom. The third-order valence-corrected chi connectivity index (χ3v) is 4.19. The van der Waals surface area contributed by atoms with E-state index in [9.17, 15) is 10.5 Å². The van der Waals surface area contributed by atoms with Gasteiger partial charge in [-0.1, -0.05) is 76.1 Å². The van der Waals surface area contributed by atoms with Gasteiger partial charge in [-0.05, 0) is 25.0 Å². The minimum Gasteiger partial charge on any atom is -0.192 e. The highest BCUT2D eigenvalue weighted by molar-refractivity contribution is 5.63. The van der Waals surface area contributed by atoms with Crippen molar-refractivity contribution in [1.82, 2.24) is 0 Å². The van der Waals surface area contributed by atoms with Crippen molar-refractivity contribution in [3.05, 3.63) is 34.4 Å². The van der Waals surface area contributed by atoms with Crippen molar-refractivity contribution in [3.63, 3.8) is 0 Å². The van der Waals surface area contributed by atoms with Crippen molar-refractivity contribution in [2.75, 3.05) is 0 Å². The molecule has 0 aliphatic heterocycles. The lowest BCUT2D eigenvalue weighted by Gasteiger charge is -2.01. The number of nitriles is 2. The Kier molecular flexibility index (Phi) is 11.2. The first-order valence-electron chi connectivity index (χ1n) is 9.73. The SMILES string of the molecule is CCCCCCC#Cc1ccc(C#CCCCCCC)c(C#N)c1C#N. The highest BCUT2D eigenvalue weighted by Crippen LogP contribution is 2.17. The molecule has 0 radical (unpaired) electrons. The molecule has 0 bridgehead atoms. The van der Waals surface area contributed by atoms with Crippen LogP contribution in [0.15, 0.2) is 12.1 Å². The molecule has 26 heavy (non-hydrogen) atoms. The Morgan fingerprint density at radius 2 is 1.08 bits per heavy atom. The molecule has 0 saturated heterocycles. The average molecular weight is 345 g/mol. The molecule has 2 nitrogen and oxygen atoms in total. The lowest BCUT2D eigenvalue weighted by Crippen LogP contribution is -1.94. The largest absolute Gasteiger partial charge is 0.192 e. The second kappa shape index (κ2) is 13.6. The number of hydrogen-bond donors (Lipinski definition) is 0. The first-order valence-corrected chi connectivity index (χ1v) is 9.73. The Balaban J connectivity index is 2.86. The van der Waals surface area contributed by atoms with Gasteiger partial charge in [0.25, 0.3) is 0 Å². The van der Waals surface area contributed by atoms with Gasteiger partial charge in [-0.3, -0.25) is 0 Å². The minimum atomic E-state index is 0.353. The van der Waals surface area contributed by atoms with Gasteiger partial charge in [0.15, 0.2) is 0 Å². The second-order valence-electron chi connectivity index (χ2n) is 6.36. The topological polar surface area (TPSA) is 47.6 Å². The molecular formula is C24H28N2. The summed E-state index contributed by atoms with van der Waals surface area (Å²) in [5.74, 6) is 12.4. The van der Waals surface area contributed by atoms with Crippen molar-refractivity contribution < 1.29 is 0 Å². The first-order chi connectivity index (χ1) is 12.8. The van der Waals surface area contributed by atoms with Gasteiger partial charge in [0.2, 0.25) is 0 Å². The molecule has 1 aromatic rings. The van der Waals surface area contributed by atoms with Gasteiger partial charge in [-0.2, -0.15) is 10.5 Å². The van der Waals surface area contributed by atoms with Gasteiger partial charge in [0, 0.05) is 24.0 Å². The summed E-state index contributed by atoms with van der Waals surface area (Å²) in [6.45, 7) is 4.37. The van der Waals surface area contributed by atoms with Crippen LogP contribution in [0.4, 0.5) is 0 Å². The molecule has 2 heteroatoms. The van der Waals surface area contributed by atoms with Crippen LogP contribution in [0.1, 0.15) is 100 Å². The fourth-order valence-corrected chi connectivity index (χ4v) is 2.64. The zero-order valence-electron chi connectivity index (χ0n) is 16.1. The Labute approximate surface area is 159 Å². The van der Waals surface area contributed by atoms with E-state index in [1.165, 1.54) is 38.5 Å². The maximum absolute atomic E-state index is 9.48. The van der Waals surface area contributed by atoms with Crippen LogP contribution in [0.3, 0.4) is 0 Å². The molecule has 0 unspecified atom stereocenters. The molecular weight excluding hydrogens is 316 g/mol. The maximum Gasteiger partial charge on any atom is 0.102 e. The molecule has 0 saturated carbocycles. The van der Waals surface area contributed by atoms with Gasteiger partial charge in [-0.15, -0.1) is 0 Å². The summed E-state index contributed by atoms with van der Waals surface area (Å²) in [6, 6.07) is 7.92. The van der Waals surface area contributed by atoms with Gasteiger partial charge >= 0.3 is 0 Å². The number of benzene rings is 1. The Hall–Kier alpha value is -2.68. The molecule has 0 amide bonds. The van der Waals surface area contributed by atoms with Gasteiger partial charge < -0.3 is 0 Å². The highest BCUT2D eigenvalue weighted by Gasteiger charge is 2.10. The molecule has 1 aromatic carbocycles. The van der Waals surface area contributed by atoms with Crippen molar-refractivity contribution in [3.8, 4) is 35.8 Å². The summed E-state index contributed by atoms with van der Waals surface area (Å²) in [5, 5.41) is 19.0. The van der Waals surface area contributed by atoms with E-state index < -0.39 is 0 Å². The third kappa shape index (κ3) is 7.47. The Bertz CT molecular complexity index is 700. The van der Waals surface area contributed by atoms with E-state index in [1.54, 1.807) is 0 Å². The number of rotatable bonds is 8. The normalized spacial score (nSPS) is 9.23. The lowest BCUT2D eigenvalue weighted by molar-refractivity contribution is 0.679. The zero-order chi connectivity index (χ0) is 19.0. The molecule has 134 valence electrons. The lowest BCUT2D eigenvalue weighted by atomic mass is 9.97. The van der Waals surface area contributed by atoms with Crippen LogP contribution in [-0.4, -0.2) is 0 Å². The van der Waals surface area contributed by atoms with Crippen molar-refractivity contribution in [2.24, 2.45) is 0 Å². The minimum absolute atomic E-state index is 0.353. The maximum atomic E-state index is 9.48. The van der Waals surface area contributed by atoms with E-state index in [-0.39, 0.29) is 0 Å². The summed E-state index contributed by atoms with van der Waals surface area (Å²) >= 11 is 0. The summed E-state index contributed by atoms with van der Waals surface area (Å²) < 4.78 is 0. The van der Waals surface area contributed by atoms with Crippen LogP contribution < -0.4 is 0 Å². The van der Waals surface area contributed by atoms with Crippen LogP contribution in [0.5, 0.6) is 0 Å². The van der Waals surface area contributed by atoms with E-state index >= 15 is 0 Å². The number of unbranched alkanes of at least 4 members (excludes halogenated alkanes) is 8. The molecule has 1 rings (SSSR count). The van der Waals surface area contributed by atoms with Gasteiger partial charge in [0.1, 0.15) is 12.1 Å². The van der Waals surface area contributed by atoms with E-state index in [0.717, 1.165) is 25.7 Å². The molecule has 0 aromatic heterocycles. The summed E-state index contributed by atoms with van der Waals surface area (Å²) in [6.07, 6.45) is 11.1. The van der Waals surface area contributed by atoms with E-state index in [0.29, 0.717) is 22.3 Å². The van der Waals surface area contributed by atoms with Gasteiger partial charge in [0.05, 0.1) is 11.1 Å². The molecule has 0 N–H and O–H groups in total. The van der Waals surface area contributed by atoms with E-state index in [2.05, 4.69) is 49.7 Å². The zero-order valence-corrected chi connectivity index (χ0v) is 16.1. The van der Waals surface area contributed by atoms with Crippen molar-refractivity contribution in [1.29, 1.82) is 10.5 Å². The number of nitrogens with zero attached hydrogens (tertiary/aromatic N) is 2. The van der Waals surface area contributed by atoms with Crippen LogP contribution >= 0.6 is 0 Å². The van der Waals surface area contributed by atoms with Crippen LogP contribution in [0.25, 0.3) is 0 Å². The second-order valence-corrected chi connectivity index (χ2v) is 6.36. The van der Waals surface area contributed by atoms with E-state index in [1.807, 2.05) is 12.1 Å². The summed E-state index contributed by atoms with van der Waals surface area (Å²) in [5.41, 5.74) is 1.97. The molecule has 0 aliphatic rings. The monoisotopic (exact) mass is 344 g/mol. The molecule has 0 heterocycles. The Morgan fingerprint density at radius 1 is 0.654 bits per heavy atom. The molecule has 0 atom stereocenters. The van der Waals surface area contributed by atoms with Gasteiger partial charge in [-0.25, -0.2) is 0 Å². The van der Waals surface area contributed by atoms with Crippen molar-refractivity contribution in [2.45, 2.75) is 78.1 Å². The summed E-state index contributed by atoms with van der Waals surface area (Å²) in [4.78, 5) is 0. The van der Waals surface area contributed by atoms with Crippen LogP contribution in [-0.2, 0) is 0 Å². The standard InChI is InChI=1S/C24H28N2/c1-3-5-7-9-11-13-15-21-17-18-22(24(20-26)23(21)19-25)16-14-12-10-8-6-4-2/h17-18H,3-12H2,1-2H3.